The van der Waals surface area contributed by atoms with Crippen LogP contribution in [-0.4, -0.2) is 36.8 Å². The third kappa shape index (κ3) is 3.06. The maximum Gasteiger partial charge on any atom is 0.231 e. The number of fused-ring (bicyclic) bond motifs is 2. The maximum atomic E-state index is 12.6. The summed E-state index contributed by atoms with van der Waals surface area (Å²) in [5.41, 5.74) is 1.56. The zero-order chi connectivity index (χ0) is 19.1. The van der Waals surface area contributed by atoms with E-state index < -0.39 is 5.92 Å². The van der Waals surface area contributed by atoms with Gasteiger partial charge in [0.15, 0.2) is 23.0 Å². The smallest absolute Gasteiger partial charge is 0.231 e. The number of nitrogens with zero attached hydrogens (tertiary/aromatic N) is 1. The summed E-state index contributed by atoms with van der Waals surface area (Å²) < 4.78 is 21.3. The lowest BCUT2D eigenvalue weighted by Crippen LogP contribution is -2.28. The largest absolute Gasteiger partial charge is 0.454 e. The Morgan fingerprint density at radius 2 is 1.64 bits per heavy atom. The van der Waals surface area contributed by atoms with E-state index in [2.05, 4.69) is 5.32 Å². The Hall–Kier alpha value is -3.42. The number of amides is 2. The molecular formula is C20H18N2O6. The molecule has 0 bridgehead atoms. The highest BCUT2D eigenvalue weighted by atomic mass is 16.7. The van der Waals surface area contributed by atoms with Crippen LogP contribution in [0.2, 0.25) is 0 Å². The molecule has 1 unspecified atom stereocenters. The highest BCUT2D eigenvalue weighted by Gasteiger charge is 2.34. The summed E-state index contributed by atoms with van der Waals surface area (Å²) in [4.78, 5) is 26.7. The van der Waals surface area contributed by atoms with Crippen LogP contribution >= 0.6 is 0 Å². The van der Waals surface area contributed by atoms with Gasteiger partial charge in [-0.2, -0.15) is 0 Å². The van der Waals surface area contributed by atoms with Crippen LogP contribution in [0.15, 0.2) is 36.4 Å². The summed E-state index contributed by atoms with van der Waals surface area (Å²) >= 11 is 0. The van der Waals surface area contributed by atoms with Crippen LogP contribution < -0.4 is 24.3 Å². The van der Waals surface area contributed by atoms with Crippen molar-refractivity contribution < 1.29 is 28.5 Å². The van der Waals surface area contributed by atoms with Gasteiger partial charge in [0.1, 0.15) is 0 Å². The number of hydrogen-bond acceptors (Lipinski definition) is 6. The third-order valence-electron chi connectivity index (χ3n) is 5.04. The topological polar surface area (TPSA) is 86.3 Å². The molecule has 0 saturated carbocycles. The summed E-state index contributed by atoms with van der Waals surface area (Å²) in [6.07, 6.45) is 0.195. The molecule has 144 valence electrons. The van der Waals surface area contributed by atoms with Crippen molar-refractivity contribution in [2.24, 2.45) is 5.92 Å². The summed E-state index contributed by atoms with van der Waals surface area (Å²) in [5.74, 6) is 2.03. The first kappa shape index (κ1) is 16.7. The van der Waals surface area contributed by atoms with Crippen molar-refractivity contribution in [3.05, 3.63) is 42.0 Å². The van der Waals surface area contributed by atoms with Gasteiger partial charge in [-0.25, -0.2) is 0 Å². The standard InChI is InChI=1S/C20H18N2O6/c23-19-6-13(20(24)21-14-2-4-16-18(7-14)28-11-26-16)9-22(19)8-12-1-3-15-17(5-12)27-10-25-15/h1-5,7,13H,6,8-11H2,(H,21,24). The molecule has 1 saturated heterocycles. The van der Waals surface area contributed by atoms with Gasteiger partial charge in [0, 0.05) is 31.3 Å². The van der Waals surface area contributed by atoms with Crippen LogP contribution in [0, 0.1) is 5.92 Å². The van der Waals surface area contributed by atoms with E-state index >= 15 is 0 Å². The van der Waals surface area contributed by atoms with Gasteiger partial charge in [0.25, 0.3) is 0 Å². The molecule has 2 amide bonds. The van der Waals surface area contributed by atoms with Gasteiger partial charge < -0.3 is 29.2 Å². The van der Waals surface area contributed by atoms with Crippen molar-refractivity contribution in [2.75, 3.05) is 25.4 Å². The molecule has 28 heavy (non-hydrogen) atoms. The summed E-state index contributed by atoms with van der Waals surface area (Å²) in [5, 5.41) is 2.86. The maximum absolute atomic E-state index is 12.6. The molecular weight excluding hydrogens is 364 g/mol. The van der Waals surface area contributed by atoms with Crippen LogP contribution in [0.1, 0.15) is 12.0 Å². The number of carbonyl (C=O) groups excluding carboxylic acids is 2. The second kappa shape index (κ2) is 6.63. The van der Waals surface area contributed by atoms with Crippen LogP contribution in [0.3, 0.4) is 0 Å². The van der Waals surface area contributed by atoms with E-state index in [4.69, 9.17) is 18.9 Å². The van der Waals surface area contributed by atoms with Gasteiger partial charge in [0.05, 0.1) is 5.92 Å². The Balaban J connectivity index is 1.23. The highest BCUT2D eigenvalue weighted by molar-refractivity contribution is 5.97. The molecule has 2 aromatic rings. The number of likely N-dealkylation sites (tertiary alicyclic amines) is 1. The molecule has 8 nitrogen and oxygen atoms in total. The lowest BCUT2D eigenvalue weighted by molar-refractivity contribution is -0.128. The molecule has 1 fully saturated rings. The quantitative estimate of drug-likeness (QED) is 0.872. The van der Waals surface area contributed by atoms with Gasteiger partial charge in [-0.3, -0.25) is 9.59 Å². The van der Waals surface area contributed by atoms with Crippen molar-refractivity contribution in [3.8, 4) is 23.0 Å². The molecule has 8 heteroatoms. The third-order valence-corrected chi connectivity index (χ3v) is 5.04. The monoisotopic (exact) mass is 382 g/mol. The SMILES string of the molecule is O=C(Nc1ccc2c(c1)OCO2)C1CC(=O)N(Cc2ccc3c(c2)OCO3)C1. The van der Waals surface area contributed by atoms with Gasteiger partial charge in [0.2, 0.25) is 25.4 Å². The van der Waals surface area contributed by atoms with Crippen LogP contribution in [0.25, 0.3) is 0 Å². The van der Waals surface area contributed by atoms with Crippen LogP contribution in [0.4, 0.5) is 5.69 Å². The Morgan fingerprint density at radius 1 is 0.964 bits per heavy atom. The van der Waals surface area contributed by atoms with Crippen molar-refractivity contribution in [2.45, 2.75) is 13.0 Å². The number of anilines is 1. The van der Waals surface area contributed by atoms with E-state index in [1.807, 2.05) is 18.2 Å². The Labute approximate surface area is 160 Å². The van der Waals surface area contributed by atoms with Gasteiger partial charge in [-0.1, -0.05) is 6.07 Å². The molecule has 2 aromatic carbocycles. The molecule has 0 aromatic heterocycles. The number of hydrogen-bond donors (Lipinski definition) is 1. The molecule has 3 heterocycles. The second-order valence-electron chi connectivity index (χ2n) is 6.92. The van der Waals surface area contributed by atoms with E-state index in [1.54, 1.807) is 23.1 Å². The Kier molecular flexibility index (Phi) is 3.96. The number of carbonyl (C=O) groups is 2. The second-order valence-corrected chi connectivity index (χ2v) is 6.92. The normalized spacial score (nSPS) is 19.2. The summed E-state index contributed by atoms with van der Waals surface area (Å²) in [6, 6.07) is 10.8. The fraction of sp³-hybridized carbons (Fsp3) is 0.300. The molecule has 3 aliphatic heterocycles. The molecule has 5 rings (SSSR count). The summed E-state index contributed by atoms with van der Waals surface area (Å²) in [7, 11) is 0. The minimum absolute atomic E-state index is 0.0384. The lowest BCUT2D eigenvalue weighted by Gasteiger charge is -2.17. The van der Waals surface area contributed by atoms with Crippen molar-refractivity contribution in [3.63, 3.8) is 0 Å². The first-order chi connectivity index (χ1) is 13.7. The number of rotatable bonds is 4. The van der Waals surface area contributed by atoms with Gasteiger partial charge in [-0.05, 0) is 29.8 Å². The minimum atomic E-state index is -0.396. The molecule has 0 spiro atoms. The lowest BCUT2D eigenvalue weighted by atomic mass is 10.1. The fourth-order valence-corrected chi connectivity index (χ4v) is 3.58. The minimum Gasteiger partial charge on any atom is -0.454 e. The Bertz CT molecular complexity index is 960. The Morgan fingerprint density at radius 3 is 2.43 bits per heavy atom. The zero-order valence-corrected chi connectivity index (χ0v) is 15.0. The molecule has 3 aliphatic rings. The predicted octanol–water partition coefficient (Wildman–Crippen LogP) is 2.13. The van der Waals surface area contributed by atoms with Crippen LogP contribution in [-0.2, 0) is 16.1 Å². The van der Waals surface area contributed by atoms with Crippen molar-refractivity contribution in [1.82, 2.24) is 4.90 Å². The molecule has 1 N–H and O–H groups in total. The van der Waals surface area contributed by atoms with Crippen molar-refractivity contribution >= 4 is 17.5 Å². The number of nitrogens with one attached hydrogen (secondary N) is 1. The van der Waals surface area contributed by atoms with Gasteiger partial charge >= 0.3 is 0 Å². The highest BCUT2D eigenvalue weighted by Crippen LogP contribution is 2.35. The molecule has 0 radical (unpaired) electrons. The number of ether oxygens (including phenoxy) is 4. The number of benzene rings is 2. The zero-order valence-electron chi connectivity index (χ0n) is 15.0. The first-order valence-electron chi connectivity index (χ1n) is 9.02. The van der Waals surface area contributed by atoms with E-state index in [0.717, 1.165) is 5.56 Å². The average molecular weight is 382 g/mol. The molecule has 0 aliphatic carbocycles. The van der Waals surface area contributed by atoms with E-state index in [1.165, 1.54) is 0 Å². The first-order valence-corrected chi connectivity index (χ1v) is 9.02. The van der Waals surface area contributed by atoms with E-state index in [9.17, 15) is 9.59 Å². The predicted molar refractivity (Wildman–Crippen MR) is 97.3 cm³/mol. The fourth-order valence-electron chi connectivity index (χ4n) is 3.58. The average Bonchev–Trinajstić information content (AvgIpc) is 3.41. The van der Waals surface area contributed by atoms with Gasteiger partial charge in [-0.15, -0.1) is 0 Å². The van der Waals surface area contributed by atoms with E-state index in [-0.39, 0.29) is 31.8 Å². The summed E-state index contributed by atoms with van der Waals surface area (Å²) in [6.45, 7) is 1.20. The molecule has 1 atom stereocenters. The van der Waals surface area contributed by atoms with Crippen molar-refractivity contribution in [1.29, 1.82) is 0 Å². The van der Waals surface area contributed by atoms with E-state index in [0.29, 0.717) is 41.8 Å². The van der Waals surface area contributed by atoms with Crippen LogP contribution in [0.5, 0.6) is 23.0 Å².